The maximum Gasteiger partial charge on any atom is 0.125 e. The zero-order valence-electron chi connectivity index (χ0n) is 12.5. The molecule has 0 fully saturated rings. The van der Waals surface area contributed by atoms with E-state index in [4.69, 9.17) is 28.9 Å². The molecule has 2 N–H and O–H groups in total. The quantitative estimate of drug-likeness (QED) is 0.520. The molecule has 0 radical (unpaired) electrons. The summed E-state index contributed by atoms with van der Waals surface area (Å²) in [4.78, 5) is 4.47. The van der Waals surface area contributed by atoms with Gasteiger partial charge in [-0.05, 0) is 41.0 Å². The number of rotatable bonds is 4. The first-order valence-corrected chi connectivity index (χ1v) is 8.12. The molecule has 0 spiro atoms. The van der Waals surface area contributed by atoms with E-state index in [0.717, 1.165) is 22.9 Å². The molecule has 0 bridgehead atoms. The summed E-state index contributed by atoms with van der Waals surface area (Å²) < 4.78 is 0. The number of hydrogen-bond acceptors (Lipinski definition) is 1. The molecule has 0 aromatic heterocycles. The van der Waals surface area contributed by atoms with Gasteiger partial charge >= 0.3 is 0 Å². The third-order valence-electron chi connectivity index (χ3n) is 3.71. The van der Waals surface area contributed by atoms with Crippen LogP contribution in [0.25, 0.3) is 10.8 Å². The minimum atomic E-state index is 0.552. The first-order chi connectivity index (χ1) is 11.1. The Bertz CT molecular complexity index is 872. The van der Waals surface area contributed by atoms with Crippen LogP contribution in [0.1, 0.15) is 11.1 Å². The van der Waals surface area contributed by atoms with E-state index in [0.29, 0.717) is 22.4 Å². The highest BCUT2D eigenvalue weighted by atomic mass is 35.5. The van der Waals surface area contributed by atoms with Crippen LogP contribution in [0, 0.1) is 0 Å². The van der Waals surface area contributed by atoms with Gasteiger partial charge in [-0.1, -0.05) is 65.7 Å². The number of nitrogens with zero attached hydrogens (tertiary/aromatic N) is 1. The zero-order chi connectivity index (χ0) is 16.2. The number of aliphatic imine (C=N–C) groups is 1. The van der Waals surface area contributed by atoms with Crippen LogP contribution in [0.3, 0.4) is 0 Å². The lowest BCUT2D eigenvalue weighted by atomic mass is 10.1. The van der Waals surface area contributed by atoms with Crippen molar-refractivity contribution in [3.63, 3.8) is 0 Å². The summed E-state index contributed by atoms with van der Waals surface area (Å²) in [6, 6.07) is 19.9. The summed E-state index contributed by atoms with van der Waals surface area (Å²) in [6.45, 7) is 0.608. The van der Waals surface area contributed by atoms with Crippen LogP contribution in [-0.2, 0) is 6.42 Å². The molecule has 23 heavy (non-hydrogen) atoms. The largest absolute Gasteiger partial charge is 0.384 e. The molecule has 116 valence electrons. The van der Waals surface area contributed by atoms with E-state index >= 15 is 0 Å². The van der Waals surface area contributed by atoms with Crippen LogP contribution < -0.4 is 5.73 Å². The fourth-order valence-electron chi connectivity index (χ4n) is 2.44. The topological polar surface area (TPSA) is 38.4 Å². The maximum absolute atomic E-state index is 6.11. The van der Waals surface area contributed by atoms with Crippen LogP contribution in [0.5, 0.6) is 0 Å². The summed E-state index contributed by atoms with van der Waals surface area (Å²) >= 11 is 11.9. The van der Waals surface area contributed by atoms with Gasteiger partial charge in [0.1, 0.15) is 5.84 Å². The summed E-state index contributed by atoms with van der Waals surface area (Å²) in [5, 5.41) is 3.48. The lowest BCUT2D eigenvalue weighted by molar-refractivity contribution is 0.966. The maximum atomic E-state index is 6.11. The molecule has 0 atom stereocenters. The van der Waals surface area contributed by atoms with E-state index in [1.165, 1.54) is 5.39 Å². The Kier molecular flexibility index (Phi) is 4.85. The SMILES string of the molecule is NC(=NCCc1ccc(Cl)c(Cl)c1)c1ccc2ccccc2c1. The second kappa shape index (κ2) is 7.03. The molecule has 0 aliphatic carbocycles. The second-order valence-electron chi connectivity index (χ2n) is 5.33. The van der Waals surface area contributed by atoms with Crippen molar-refractivity contribution in [3.8, 4) is 0 Å². The van der Waals surface area contributed by atoms with Crippen molar-refractivity contribution in [2.75, 3.05) is 6.54 Å². The second-order valence-corrected chi connectivity index (χ2v) is 6.14. The molecular formula is C19H16Cl2N2. The molecule has 0 unspecified atom stereocenters. The van der Waals surface area contributed by atoms with Crippen molar-refractivity contribution in [3.05, 3.63) is 81.8 Å². The van der Waals surface area contributed by atoms with Gasteiger partial charge < -0.3 is 5.73 Å². The standard InChI is InChI=1S/C19H16Cl2N2/c20-17-8-5-13(11-18(17)21)9-10-23-19(22)16-7-6-14-3-1-2-4-15(14)12-16/h1-8,11-12H,9-10H2,(H2,22,23). The van der Waals surface area contributed by atoms with Crippen LogP contribution in [0.15, 0.2) is 65.7 Å². The third kappa shape index (κ3) is 3.84. The molecule has 3 aromatic carbocycles. The minimum Gasteiger partial charge on any atom is -0.384 e. The molecule has 4 heteroatoms. The Labute approximate surface area is 145 Å². The van der Waals surface area contributed by atoms with E-state index in [9.17, 15) is 0 Å². The minimum absolute atomic E-state index is 0.552. The Balaban J connectivity index is 1.72. The fraction of sp³-hybridized carbons (Fsp3) is 0.105. The van der Waals surface area contributed by atoms with Gasteiger partial charge in [0.05, 0.1) is 10.0 Å². The smallest absolute Gasteiger partial charge is 0.125 e. The normalized spacial score (nSPS) is 11.8. The lowest BCUT2D eigenvalue weighted by Crippen LogP contribution is -2.14. The van der Waals surface area contributed by atoms with E-state index in [2.05, 4.69) is 29.3 Å². The fourth-order valence-corrected chi connectivity index (χ4v) is 2.76. The van der Waals surface area contributed by atoms with Crippen molar-refractivity contribution < 1.29 is 0 Å². The summed E-state index contributed by atoms with van der Waals surface area (Å²) in [5.74, 6) is 0.552. The van der Waals surface area contributed by atoms with Crippen molar-refractivity contribution in [2.24, 2.45) is 10.7 Å². The molecule has 0 heterocycles. The van der Waals surface area contributed by atoms with Gasteiger partial charge in [0.2, 0.25) is 0 Å². The highest BCUT2D eigenvalue weighted by Gasteiger charge is 2.02. The third-order valence-corrected chi connectivity index (χ3v) is 4.45. The Morgan fingerprint density at radius 1 is 0.870 bits per heavy atom. The summed E-state index contributed by atoms with van der Waals surface area (Å²) in [5.41, 5.74) is 8.14. The lowest BCUT2D eigenvalue weighted by Gasteiger charge is -2.05. The predicted octanol–water partition coefficient (Wildman–Crippen LogP) is 5.09. The highest BCUT2D eigenvalue weighted by Crippen LogP contribution is 2.22. The van der Waals surface area contributed by atoms with Crippen LogP contribution >= 0.6 is 23.2 Å². The van der Waals surface area contributed by atoms with Gasteiger partial charge in [0.25, 0.3) is 0 Å². The molecule has 3 rings (SSSR count). The van der Waals surface area contributed by atoms with E-state index in [1.807, 2.05) is 30.3 Å². The number of fused-ring (bicyclic) bond motifs is 1. The van der Waals surface area contributed by atoms with E-state index < -0.39 is 0 Å². The van der Waals surface area contributed by atoms with Crippen LogP contribution in [0.4, 0.5) is 0 Å². The monoisotopic (exact) mass is 342 g/mol. The van der Waals surface area contributed by atoms with Gasteiger partial charge in [-0.25, -0.2) is 0 Å². The average molecular weight is 343 g/mol. The van der Waals surface area contributed by atoms with Gasteiger partial charge in [-0.2, -0.15) is 0 Å². The van der Waals surface area contributed by atoms with Gasteiger partial charge in [0, 0.05) is 12.1 Å². The first-order valence-electron chi connectivity index (χ1n) is 7.36. The zero-order valence-corrected chi connectivity index (χ0v) is 14.0. The summed E-state index contributed by atoms with van der Waals surface area (Å²) in [7, 11) is 0. The van der Waals surface area contributed by atoms with Gasteiger partial charge in [0.15, 0.2) is 0 Å². The van der Waals surface area contributed by atoms with Crippen molar-refractivity contribution >= 4 is 39.8 Å². The number of halogens is 2. The van der Waals surface area contributed by atoms with Crippen LogP contribution in [0.2, 0.25) is 10.0 Å². The Hall–Kier alpha value is -2.03. The number of benzene rings is 3. The molecule has 0 saturated heterocycles. The average Bonchev–Trinajstić information content (AvgIpc) is 2.57. The molecule has 0 aliphatic rings. The Morgan fingerprint density at radius 2 is 1.65 bits per heavy atom. The van der Waals surface area contributed by atoms with Crippen molar-refractivity contribution in [1.29, 1.82) is 0 Å². The summed E-state index contributed by atoms with van der Waals surface area (Å²) in [6.07, 6.45) is 0.769. The Morgan fingerprint density at radius 3 is 2.43 bits per heavy atom. The van der Waals surface area contributed by atoms with Crippen molar-refractivity contribution in [2.45, 2.75) is 6.42 Å². The van der Waals surface area contributed by atoms with Crippen LogP contribution in [-0.4, -0.2) is 12.4 Å². The molecule has 3 aromatic rings. The molecule has 0 aliphatic heterocycles. The van der Waals surface area contributed by atoms with Crippen molar-refractivity contribution in [1.82, 2.24) is 0 Å². The predicted molar refractivity (Wildman–Crippen MR) is 99.7 cm³/mol. The highest BCUT2D eigenvalue weighted by molar-refractivity contribution is 6.42. The van der Waals surface area contributed by atoms with E-state index in [1.54, 1.807) is 6.07 Å². The van der Waals surface area contributed by atoms with E-state index in [-0.39, 0.29) is 0 Å². The molecule has 0 amide bonds. The van der Waals surface area contributed by atoms with Gasteiger partial charge in [-0.15, -0.1) is 0 Å². The number of nitrogens with two attached hydrogens (primary N) is 1. The molecule has 2 nitrogen and oxygen atoms in total. The number of hydrogen-bond donors (Lipinski definition) is 1. The molecule has 0 saturated carbocycles. The molecular weight excluding hydrogens is 327 g/mol. The first kappa shape index (κ1) is 15.9. The van der Waals surface area contributed by atoms with Gasteiger partial charge in [-0.3, -0.25) is 4.99 Å². The number of amidine groups is 1.